The Hall–Kier alpha value is -7.40. The number of hydrogen-bond acceptors (Lipinski definition) is 11. The van der Waals surface area contributed by atoms with Crippen LogP contribution in [-0.2, 0) is 0 Å². The molecule has 0 radical (unpaired) electrons. The largest absolute Gasteiger partial charge is 0.475 e. The normalized spacial score (nSPS) is 16.1. The van der Waals surface area contributed by atoms with Gasteiger partial charge >= 0.3 is 5.97 Å². The van der Waals surface area contributed by atoms with Crippen LogP contribution in [0.3, 0.4) is 0 Å². The molecule has 6 aromatic heterocycles. The molecular formula is C42H44N14O3. The van der Waals surface area contributed by atoms with Gasteiger partial charge in [0.25, 0.3) is 11.7 Å². The molecule has 0 spiro atoms. The first-order valence-electron chi connectivity index (χ1n) is 19.3. The zero-order valence-electron chi connectivity index (χ0n) is 32.7. The molecule has 59 heavy (non-hydrogen) atoms. The quantitative estimate of drug-likeness (QED) is 0.207. The van der Waals surface area contributed by atoms with Gasteiger partial charge in [-0.05, 0) is 75.2 Å². The van der Waals surface area contributed by atoms with Crippen LogP contribution in [0.5, 0.6) is 0 Å². The third kappa shape index (κ3) is 8.79. The third-order valence-corrected chi connectivity index (χ3v) is 10.00. The number of carbonyl (C=O) groups excluding carboxylic acids is 1. The van der Waals surface area contributed by atoms with Crippen LogP contribution in [0.25, 0.3) is 22.4 Å². The summed E-state index contributed by atoms with van der Waals surface area (Å²) in [6.45, 7) is 7.50. The van der Waals surface area contributed by atoms with Crippen LogP contribution in [-0.4, -0.2) is 104 Å². The van der Waals surface area contributed by atoms with Crippen LogP contribution in [0.1, 0.15) is 45.5 Å². The Morgan fingerprint density at radius 2 is 1.19 bits per heavy atom. The van der Waals surface area contributed by atoms with E-state index in [2.05, 4.69) is 79.7 Å². The summed E-state index contributed by atoms with van der Waals surface area (Å²) in [5.74, 6) is 0.622. The fraction of sp³-hybridized carbons (Fsp3) is 0.238. The minimum atomic E-state index is -1.13. The SMILES string of the molecule is Cc1cn2cccc2c(N2CC[C@H](N)C2)n1.Cc1cn2cccc2c(N2CC[C@H](NC(=O)c3ncn(-c4ccccc4)n3)C2)n1.O=C(O)c1ncn(-c2ccccc2)n1. The van der Waals surface area contributed by atoms with Gasteiger partial charge in [-0.3, -0.25) is 4.79 Å². The molecular weight excluding hydrogens is 749 g/mol. The van der Waals surface area contributed by atoms with E-state index in [9.17, 15) is 9.59 Å². The number of carboxylic acids is 1. The second kappa shape index (κ2) is 17.0. The number of nitrogens with zero attached hydrogens (tertiary/aromatic N) is 12. The summed E-state index contributed by atoms with van der Waals surface area (Å²) in [5.41, 5.74) is 11.8. The lowest BCUT2D eigenvalue weighted by Crippen LogP contribution is -2.37. The van der Waals surface area contributed by atoms with E-state index >= 15 is 0 Å². The highest BCUT2D eigenvalue weighted by Crippen LogP contribution is 2.25. The van der Waals surface area contributed by atoms with E-state index in [1.54, 1.807) is 11.0 Å². The molecule has 1 amide bonds. The maximum Gasteiger partial charge on any atom is 0.375 e. The van der Waals surface area contributed by atoms with Gasteiger partial charge in [-0.2, -0.15) is 0 Å². The van der Waals surface area contributed by atoms with E-state index in [1.807, 2.05) is 93.0 Å². The highest BCUT2D eigenvalue weighted by Gasteiger charge is 2.28. The third-order valence-electron chi connectivity index (χ3n) is 10.00. The number of carboxylic acid groups (broad SMARTS) is 1. The lowest BCUT2D eigenvalue weighted by Gasteiger charge is -2.19. The first kappa shape index (κ1) is 38.5. The average molecular weight is 793 g/mol. The molecule has 17 heteroatoms. The topological polar surface area (TPSA) is 195 Å². The summed E-state index contributed by atoms with van der Waals surface area (Å²) >= 11 is 0. The fourth-order valence-corrected chi connectivity index (χ4v) is 7.20. The number of rotatable bonds is 7. The number of carbonyl (C=O) groups is 2. The van der Waals surface area contributed by atoms with Crippen molar-refractivity contribution in [3.05, 3.63) is 145 Å². The summed E-state index contributed by atoms with van der Waals surface area (Å²) in [4.78, 5) is 44.8. The van der Waals surface area contributed by atoms with Gasteiger partial charge in [0.2, 0.25) is 5.82 Å². The molecule has 0 unspecified atom stereocenters. The standard InChI is InChI=1S/C21H21N7O.C12H16N4.C9H7N3O2/c1-15-12-26-10-5-8-18(26)20(23-15)27-11-9-16(13-27)24-21(29)19-22-14-28(25-19)17-6-3-2-4-7-17;1-9-7-15-5-2-3-11(15)12(14-9)16-6-4-10(13)8-16;13-9(14)8-10-6-12(11-8)7-4-2-1-3-5-7/h2-8,10,12,14,16H,9,11,13H2,1H3,(H,24,29);2-3,5,7,10H,4,6,8,13H2,1H3;1-6H,(H,13,14)/t16-;10-;/m00./s1. The van der Waals surface area contributed by atoms with E-state index in [1.165, 1.54) is 16.5 Å². The van der Waals surface area contributed by atoms with Crippen LogP contribution >= 0.6 is 0 Å². The number of benzene rings is 2. The monoisotopic (exact) mass is 792 g/mol. The van der Waals surface area contributed by atoms with Crippen molar-refractivity contribution in [1.29, 1.82) is 0 Å². The van der Waals surface area contributed by atoms with Gasteiger partial charge < -0.3 is 34.8 Å². The second-order valence-corrected chi connectivity index (χ2v) is 14.4. The average Bonchev–Trinajstić information content (AvgIpc) is 4.10. The molecule has 0 aliphatic carbocycles. The summed E-state index contributed by atoms with van der Waals surface area (Å²) < 4.78 is 7.24. The molecule has 0 saturated carbocycles. The zero-order valence-corrected chi connectivity index (χ0v) is 32.7. The highest BCUT2D eigenvalue weighted by molar-refractivity contribution is 5.90. The van der Waals surface area contributed by atoms with E-state index in [0.29, 0.717) is 6.54 Å². The molecule has 2 atom stereocenters. The van der Waals surface area contributed by atoms with Crippen molar-refractivity contribution in [2.75, 3.05) is 36.0 Å². The number of amides is 1. The van der Waals surface area contributed by atoms with Crippen molar-refractivity contribution in [2.45, 2.75) is 38.8 Å². The van der Waals surface area contributed by atoms with Crippen LogP contribution in [0.15, 0.2) is 122 Å². The zero-order chi connectivity index (χ0) is 40.9. The van der Waals surface area contributed by atoms with Crippen molar-refractivity contribution in [3.63, 3.8) is 0 Å². The van der Waals surface area contributed by atoms with Crippen LogP contribution in [0.2, 0.25) is 0 Å². The summed E-state index contributed by atoms with van der Waals surface area (Å²) in [6, 6.07) is 27.4. The van der Waals surface area contributed by atoms with Gasteiger partial charge in [-0.25, -0.2) is 34.1 Å². The van der Waals surface area contributed by atoms with Crippen LogP contribution < -0.4 is 20.9 Å². The van der Waals surface area contributed by atoms with E-state index < -0.39 is 5.97 Å². The number of hydrogen-bond donors (Lipinski definition) is 3. The number of nitrogens with one attached hydrogen (secondary N) is 1. The number of para-hydroxylation sites is 2. The molecule has 2 saturated heterocycles. The van der Waals surface area contributed by atoms with Gasteiger partial charge in [-0.15, -0.1) is 10.2 Å². The van der Waals surface area contributed by atoms with Crippen LogP contribution in [0, 0.1) is 13.8 Å². The first-order chi connectivity index (χ1) is 28.7. The Bertz CT molecular complexity index is 2690. The Morgan fingerprint density at radius 3 is 1.69 bits per heavy atom. The molecule has 10 rings (SSSR count). The smallest absolute Gasteiger partial charge is 0.375 e. The Morgan fingerprint density at radius 1 is 0.678 bits per heavy atom. The number of aromatic nitrogens is 10. The molecule has 2 fully saturated rings. The van der Waals surface area contributed by atoms with Crippen molar-refractivity contribution < 1.29 is 14.7 Å². The minimum absolute atomic E-state index is 0.0310. The fourth-order valence-electron chi connectivity index (χ4n) is 7.20. The van der Waals surface area contributed by atoms with Crippen molar-refractivity contribution in [2.24, 2.45) is 5.73 Å². The van der Waals surface area contributed by atoms with E-state index in [0.717, 1.165) is 72.4 Å². The molecule has 8 aromatic rings. The van der Waals surface area contributed by atoms with Gasteiger partial charge in [0.05, 0.1) is 33.8 Å². The molecule has 2 aromatic carbocycles. The Balaban J connectivity index is 0.000000136. The number of fused-ring (bicyclic) bond motifs is 2. The summed E-state index contributed by atoms with van der Waals surface area (Å²) in [6.07, 6.45) is 13.0. The van der Waals surface area contributed by atoms with Gasteiger partial charge in [0.15, 0.2) is 11.6 Å². The predicted molar refractivity (Wildman–Crippen MR) is 222 cm³/mol. The molecule has 2 aliphatic rings. The molecule has 4 N–H and O–H groups in total. The minimum Gasteiger partial charge on any atom is -0.475 e. The van der Waals surface area contributed by atoms with Gasteiger partial charge in [0.1, 0.15) is 12.7 Å². The lowest BCUT2D eigenvalue weighted by molar-refractivity contribution is 0.0683. The predicted octanol–water partition coefficient (Wildman–Crippen LogP) is 4.38. The number of nitrogens with two attached hydrogens (primary N) is 1. The number of anilines is 2. The Kier molecular flexibility index (Phi) is 11.1. The van der Waals surface area contributed by atoms with E-state index in [4.69, 9.17) is 15.8 Å². The Labute approximate surface area is 339 Å². The molecule has 300 valence electrons. The number of aryl methyl sites for hydroxylation is 2. The maximum atomic E-state index is 12.6. The van der Waals surface area contributed by atoms with Crippen molar-refractivity contribution in [1.82, 2.24) is 53.6 Å². The molecule has 2 aliphatic heterocycles. The van der Waals surface area contributed by atoms with Gasteiger partial charge in [-0.1, -0.05) is 36.4 Å². The highest BCUT2D eigenvalue weighted by atomic mass is 16.4. The molecule has 0 bridgehead atoms. The first-order valence-corrected chi connectivity index (χ1v) is 19.3. The lowest BCUT2D eigenvalue weighted by atomic mass is 10.2. The second-order valence-electron chi connectivity index (χ2n) is 14.4. The number of aromatic carboxylic acids is 1. The van der Waals surface area contributed by atoms with Crippen molar-refractivity contribution >= 4 is 34.5 Å². The van der Waals surface area contributed by atoms with Crippen molar-refractivity contribution in [3.8, 4) is 11.4 Å². The summed E-state index contributed by atoms with van der Waals surface area (Å²) in [7, 11) is 0. The molecule has 8 heterocycles. The molecule has 17 nitrogen and oxygen atoms in total. The summed E-state index contributed by atoms with van der Waals surface area (Å²) in [5, 5.41) is 19.8. The van der Waals surface area contributed by atoms with E-state index in [-0.39, 0.29) is 29.6 Å². The van der Waals surface area contributed by atoms with Crippen LogP contribution in [0.4, 0.5) is 11.6 Å². The van der Waals surface area contributed by atoms with Gasteiger partial charge in [0, 0.05) is 63.1 Å². The maximum absolute atomic E-state index is 12.6.